The van der Waals surface area contributed by atoms with Crippen LogP contribution in [0.4, 0.5) is 33.3 Å². The standard InChI is InChI=1S/C24H20BrF5N2O5/c1-35-11-14(12-36-2)32(19-6-5-13(25)8-17(19)26)20-10-18(27)21(9-15(20)23(33)34)37-22-16(24(28,29)30)4-3-7-31-22/h3-10,14H,11-12H2,1-2H3,(H,33,34). The highest BCUT2D eigenvalue weighted by Gasteiger charge is 2.36. The third kappa shape index (κ3) is 6.53. The van der Waals surface area contributed by atoms with E-state index in [-0.39, 0.29) is 24.6 Å². The first kappa shape index (κ1) is 28.3. The maximum Gasteiger partial charge on any atom is 0.421 e. The minimum Gasteiger partial charge on any atom is -0.478 e. The van der Waals surface area contributed by atoms with Gasteiger partial charge in [-0.05, 0) is 30.3 Å². The highest BCUT2D eigenvalue weighted by atomic mass is 79.9. The number of carbonyl (C=O) groups is 1. The maximum absolute atomic E-state index is 15.3. The van der Waals surface area contributed by atoms with Crippen LogP contribution in [0.5, 0.6) is 11.6 Å². The molecule has 7 nitrogen and oxygen atoms in total. The molecule has 0 radical (unpaired) electrons. The summed E-state index contributed by atoms with van der Waals surface area (Å²) in [5, 5.41) is 9.92. The predicted molar refractivity (Wildman–Crippen MR) is 126 cm³/mol. The van der Waals surface area contributed by atoms with Crippen molar-refractivity contribution in [2.45, 2.75) is 12.2 Å². The molecule has 0 saturated carbocycles. The van der Waals surface area contributed by atoms with Crippen molar-refractivity contribution in [3.8, 4) is 11.6 Å². The van der Waals surface area contributed by atoms with Gasteiger partial charge in [0, 0.05) is 37.0 Å². The molecule has 0 unspecified atom stereocenters. The highest BCUT2D eigenvalue weighted by molar-refractivity contribution is 9.10. The number of carboxylic acid groups (broad SMARTS) is 1. The molecule has 0 aliphatic carbocycles. The van der Waals surface area contributed by atoms with Crippen LogP contribution in [-0.4, -0.2) is 49.5 Å². The Kier molecular flexibility index (Phi) is 9.05. The van der Waals surface area contributed by atoms with Gasteiger partial charge in [0.1, 0.15) is 11.4 Å². The summed E-state index contributed by atoms with van der Waals surface area (Å²) in [6.45, 7) is -0.156. The highest BCUT2D eigenvalue weighted by Crippen LogP contribution is 2.40. The van der Waals surface area contributed by atoms with Crippen LogP contribution in [0.1, 0.15) is 15.9 Å². The number of hydrogen-bond acceptors (Lipinski definition) is 6. The molecule has 0 bridgehead atoms. The first-order valence-corrected chi connectivity index (χ1v) is 11.3. The molecule has 1 aromatic heterocycles. The molecule has 3 aromatic rings. The van der Waals surface area contributed by atoms with Gasteiger partial charge in [-0.25, -0.2) is 18.6 Å². The first-order valence-electron chi connectivity index (χ1n) is 10.5. The van der Waals surface area contributed by atoms with Gasteiger partial charge < -0.3 is 24.2 Å². The number of rotatable bonds is 10. The summed E-state index contributed by atoms with van der Waals surface area (Å²) in [5.41, 5.74) is -2.30. The quantitative estimate of drug-likeness (QED) is 0.272. The Morgan fingerprint density at radius 3 is 2.30 bits per heavy atom. The zero-order valence-corrected chi connectivity index (χ0v) is 20.9. The van der Waals surface area contributed by atoms with Crippen LogP contribution in [0.15, 0.2) is 53.1 Å². The zero-order valence-electron chi connectivity index (χ0n) is 19.4. The topological polar surface area (TPSA) is 81.1 Å². The molecule has 37 heavy (non-hydrogen) atoms. The molecule has 13 heteroatoms. The van der Waals surface area contributed by atoms with Gasteiger partial charge in [-0.15, -0.1) is 0 Å². The number of carboxylic acids is 1. The minimum atomic E-state index is -4.86. The summed E-state index contributed by atoms with van der Waals surface area (Å²) in [6.07, 6.45) is -3.85. The van der Waals surface area contributed by atoms with Crippen molar-refractivity contribution in [3.63, 3.8) is 0 Å². The number of ether oxygens (including phenoxy) is 3. The SMILES string of the molecule is COCC(COC)N(c1ccc(Br)cc1F)c1cc(F)c(Oc2ncccc2C(F)(F)F)cc1C(=O)O. The molecule has 0 saturated heterocycles. The van der Waals surface area contributed by atoms with Crippen molar-refractivity contribution in [1.82, 2.24) is 4.98 Å². The molecule has 0 aliphatic heterocycles. The fourth-order valence-electron chi connectivity index (χ4n) is 3.57. The average molecular weight is 591 g/mol. The zero-order chi connectivity index (χ0) is 27.3. The van der Waals surface area contributed by atoms with Crippen molar-refractivity contribution in [2.24, 2.45) is 0 Å². The fraction of sp³-hybridized carbons (Fsp3) is 0.250. The molecule has 1 heterocycles. The van der Waals surface area contributed by atoms with Gasteiger partial charge in [0.25, 0.3) is 0 Å². The third-order valence-corrected chi connectivity index (χ3v) is 5.57. The van der Waals surface area contributed by atoms with E-state index in [4.69, 9.17) is 14.2 Å². The molecule has 2 aromatic carbocycles. The van der Waals surface area contributed by atoms with Crippen LogP contribution < -0.4 is 9.64 Å². The van der Waals surface area contributed by atoms with E-state index in [1.165, 1.54) is 31.3 Å². The van der Waals surface area contributed by atoms with Crippen molar-refractivity contribution in [3.05, 3.63) is 75.9 Å². The van der Waals surface area contributed by atoms with Crippen LogP contribution in [0.3, 0.4) is 0 Å². The number of nitrogens with zero attached hydrogens (tertiary/aromatic N) is 2. The van der Waals surface area contributed by atoms with Crippen LogP contribution in [0, 0.1) is 11.6 Å². The largest absolute Gasteiger partial charge is 0.478 e. The third-order valence-electron chi connectivity index (χ3n) is 5.08. The van der Waals surface area contributed by atoms with Crippen molar-refractivity contribution in [2.75, 3.05) is 32.3 Å². The van der Waals surface area contributed by atoms with Crippen LogP contribution in [-0.2, 0) is 15.7 Å². The second kappa shape index (κ2) is 11.8. The van der Waals surface area contributed by atoms with Crippen LogP contribution in [0.2, 0.25) is 0 Å². The van der Waals surface area contributed by atoms with E-state index in [9.17, 15) is 23.1 Å². The van der Waals surface area contributed by atoms with Crippen molar-refractivity contribution >= 4 is 33.3 Å². The molecule has 0 aliphatic rings. The normalized spacial score (nSPS) is 11.6. The molecular formula is C24H20BrF5N2O5. The van der Waals surface area contributed by atoms with Gasteiger partial charge in [-0.2, -0.15) is 13.2 Å². The first-order chi connectivity index (χ1) is 17.5. The second-order valence-corrected chi connectivity index (χ2v) is 8.51. The summed E-state index contributed by atoms with van der Waals surface area (Å²) in [5.74, 6) is -5.35. The Morgan fingerprint density at radius 2 is 1.73 bits per heavy atom. The smallest absolute Gasteiger partial charge is 0.421 e. The number of anilines is 2. The Labute approximate surface area is 216 Å². The van der Waals surface area contributed by atoms with E-state index < -0.39 is 52.6 Å². The lowest BCUT2D eigenvalue weighted by Crippen LogP contribution is -2.40. The van der Waals surface area contributed by atoms with Gasteiger partial charge in [-0.3, -0.25) is 0 Å². The Hall–Kier alpha value is -3.29. The number of hydrogen-bond donors (Lipinski definition) is 1. The van der Waals surface area contributed by atoms with Gasteiger partial charge >= 0.3 is 12.1 Å². The predicted octanol–water partition coefficient (Wildman–Crippen LogP) is 6.43. The number of pyridine rings is 1. The molecule has 0 amide bonds. The summed E-state index contributed by atoms with van der Waals surface area (Å²) in [6, 6.07) is 6.29. The number of alkyl halides is 3. The second-order valence-electron chi connectivity index (χ2n) is 7.59. The van der Waals surface area contributed by atoms with Crippen LogP contribution >= 0.6 is 15.9 Å². The van der Waals surface area contributed by atoms with E-state index in [2.05, 4.69) is 20.9 Å². The van der Waals surface area contributed by atoms with Gasteiger partial charge in [0.05, 0.1) is 36.2 Å². The number of methoxy groups -OCH3 is 2. The lowest BCUT2D eigenvalue weighted by molar-refractivity contribution is -0.138. The van der Waals surface area contributed by atoms with Gasteiger partial charge in [-0.1, -0.05) is 15.9 Å². The van der Waals surface area contributed by atoms with E-state index in [1.807, 2.05) is 0 Å². The van der Waals surface area contributed by atoms with E-state index in [1.54, 1.807) is 0 Å². The number of halogens is 6. The summed E-state index contributed by atoms with van der Waals surface area (Å²) < 4.78 is 86.2. The fourth-order valence-corrected chi connectivity index (χ4v) is 3.90. The van der Waals surface area contributed by atoms with Gasteiger partial charge in [0.2, 0.25) is 5.88 Å². The molecule has 0 spiro atoms. The Balaban J connectivity index is 2.21. The molecule has 0 atom stereocenters. The van der Waals surface area contributed by atoms with Crippen molar-refractivity contribution in [1.29, 1.82) is 0 Å². The Morgan fingerprint density at radius 1 is 1.05 bits per heavy atom. The number of aromatic nitrogens is 1. The Bertz CT molecular complexity index is 1270. The van der Waals surface area contributed by atoms with E-state index >= 15 is 8.78 Å². The van der Waals surface area contributed by atoms with E-state index in [0.717, 1.165) is 24.4 Å². The lowest BCUT2D eigenvalue weighted by atomic mass is 10.1. The monoisotopic (exact) mass is 590 g/mol. The molecular weight excluding hydrogens is 571 g/mol. The summed E-state index contributed by atoms with van der Waals surface area (Å²) >= 11 is 3.15. The molecule has 1 N–H and O–H groups in total. The van der Waals surface area contributed by atoms with Crippen molar-refractivity contribution < 1.29 is 46.1 Å². The maximum atomic E-state index is 15.3. The van der Waals surface area contributed by atoms with Crippen LogP contribution in [0.25, 0.3) is 0 Å². The van der Waals surface area contributed by atoms with E-state index in [0.29, 0.717) is 16.6 Å². The van der Waals surface area contributed by atoms with Gasteiger partial charge in [0.15, 0.2) is 11.6 Å². The molecule has 0 fully saturated rings. The number of benzene rings is 2. The average Bonchev–Trinajstić information content (AvgIpc) is 2.82. The number of aromatic carboxylic acids is 1. The molecule has 3 rings (SSSR count). The molecule has 198 valence electrons. The lowest BCUT2D eigenvalue weighted by Gasteiger charge is -2.34. The minimum absolute atomic E-state index is 0.0782. The summed E-state index contributed by atoms with van der Waals surface area (Å²) in [4.78, 5) is 16.9. The summed E-state index contributed by atoms with van der Waals surface area (Å²) in [7, 11) is 2.72.